The molecular weight excluding hydrogens is 1130 g/mol. The van der Waals surface area contributed by atoms with E-state index >= 15 is 0 Å². The van der Waals surface area contributed by atoms with Gasteiger partial charge in [-0.3, -0.25) is 19.2 Å². The van der Waals surface area contributed by atoms with Crippen molar-refractivity contribution in [1.29, 1.82) is 0 Å². The summed E-state index contributed by atoms with van der Waals surface area (Å²) in [6.07, 6.45) is 1.01. The van der Waals surface area contributed by atoms with Gasteiger partial charge >= 0.3 is 16.5 Å². The van der Waals surface area contributed by atoms with Gasteiger partial charge in [0.1, 0.15) is 6.10 Å². The third-order valence-corrected chi connectivity index (χ3v) is 15.4. The number of aryl methyl sites for hydroxylation is 4. The molecule has 15 nitrogen and oxygen atoms in total. The topological polar surface area (TPSA) is 201 Å². The molecule has 10 rings (SSSR count). The second kappa shape index (κ2) is 28.7. The molecule has 0 saturated carbocycles. The minimum atomic E-state index is -2.81. The fraction of sp³-hybridized carbons (Fsp3) is 0.188. The number of aliphatic hydroxyl groups is 1. The summed E-state index contributed by atoms with van der Waals surface area (Å²) in [5.74, 6) is 0.301. The molecule has 0 aliphatic carbocycles. The van der Waals surface area contributed by atoms with Crippen LogP contribution in [0.2, 0.25) is 10.0 Å². The molecule has 2 aliphatic rings. The number of amides is 4. The summed E-state index contributed by atoms with van der Waals surface area (Å²) in [4.78, 5) is 65.0. The molecule has 8 aromatic carbocycles. The van der Waals surface area contributed by atoms with Crippen LogP contribution in [0.5, 0.6) is 11.5 Å². The van der Waals surface area contributed by atoms with Crippen molar-refractivity contribution in [2.75, 3.05) is 33.5 Å². The highest BCUT2D eigenvalue weighted by Gasteiger charge is 2.34. The Labute approximate surface area is 493 Å². The number of carbonyl (C=O) groups is 4. The van der Waals surface area contributed by atoms with Crippen molar-refractivity contribution in [3.63, 3.8) is 0 Å². The van der Waals surface area contributed by atoms with E-state index in [1.165, 1.54) is 0 Å². The first-order valence-electron chi connectivity index (χ1n) is 26.6. The zero-order chi connectivity index (χ0) is 59.2. The van der Waals surface area contributed by atoms with Gasteiger partial charge in [-0.25, -0.2) is 9.05 Å². The standard InChI is InChI=1S/C26H24ClN2O5P.C26H25ClN2O3.C12H10O3P/c1-16-6-3-4-7-20(16)25(30)28-19-10-11-21(17(2)14-19)26(31)29-13-5-8-24(34-35(32)33)22-15-18(27)9-12-23(22)29;1-16-6-3-4-7-20(16)25(31)28-19-10-11-21(17(2)14-19)26(32)29-13-5-8-24(30)22-15-18(27)9-12-23(22)29;13-16(14-11-7-3-1-4-8-11)15-12-9-5-2-6-10-12/h3-4,6-7,9-12,14-15,24H,5,8,13H2,1-2H3,(H-,28,30,31,32,33);3-4,6-7,9-12,14-15,24,30H,5,8,13H2,1-2H3,(H,28,31);1-10H/q;;+1/p+1. The molecule has 4 amide bonds. The molecule has 0 aromatic heterocycles. The SMILES string of the molecule is Cc1ccccc1C(=O)Nc1ccc(C(=O)N2CCCC(O)c3cc(Cl)ccc32)c(C)c1.Cc1ccccc1C(=O)Nc1ccc(C(=O)N2CCCC(O[P+](=O)O)c3cc(Cl)ccc32)c(C)c1.O=[P+](Oc1ccccc1)Oc1ccccc1. The van der Waals surface area contributed by atoms with Gasteiger partial charge in [-0.05, 0) is 185 Å². The molecule has 3 atom stereocenters. The van der Waals surface area contributed by atoms with E-state index in [1.807, 2.05) is 76.2 Å². The van der Waals surface area contributed by atoms with Gasteiger partial charge < -0.3 is 25.5 Å². The maximum Gasteiger partial charge on any atom is 0.805 e. The fourth-order valence-corrected chi connectivity index (χ4v) is 11.0. The van der Waals surface area contributed by atoms with E-state index in [-0.39, 0.29) is 23.6 Å². The summed E-state index contributed by atoms with van der Waals surface area (Å²) in [5, 5.41) is 17.3. The minimum absolute atomic E-state index is 0.142. The number of nitrogens with one attached hydrogen (secondary N) is 2. The lowest BCUT2D eigenvalue weighted by Gasteiger charge is -2.24. The molecule has 2 aliphatic heterocycles. The van der Waals surface area contributed by atoms with Crippen LogP contribution in [0.1, 0.15) is 113 Å². The summed E-state index contributed by atoms with van der Waals surface area (Å²) in [6.45, 7) is 8.37. The number of halogens is 2. The van der Waals surface area contributed by atoms with Crippen molar-refractivity contribution in [1.82, 2.24) is 0 Å². The molecule has 83 heavy (non-hydrogen) atoms. The Morgan fingerprint density at radius 2 is 0.928 bits per heavy atom. The second-order valence-electron chi connectivity index (χ2n) is 19.6. The average Bonchev–Trinajstić information content (AvgIpc) is 3.84. The van der Waals surface area contributed by atoms with Crippen molar-refractivity contribution in [3.05, 3.63) is 248 Å². The predicted octanol–water partition coefficient (Wildman–Crippen LogP) is 15.8. The number of carbonyl (C=O) groups excluding carboxylic acids is 4. The first-order chi connectivity index (χ1) is 39.9. The van der Waals surface area contributed by atoms with Crippen LogP contribution >= 0.6 is 39.7 Å². The number of fused-ring (bicyclic) bond motifs is 2. The van der Waals surface area contributed by atoms with Crippen LogP contribution in [-0.2, 0) is 13.7 Å². The number of hydrogen-bond donors (Lipinski definition) is 4. The molecule has 2 heterocycles. The van der Waals surface area contributed by atoms with E-state index in [4.69, 9.17) is 36.8 Å². The van der Waals surface area contributed by atoms with Crippen LogP contribution in [0.3, 0.4) is 0 Å². The van der Waals surface area contributed by atoms with Crippen LogP contribution in [0.4, 0.5) is 22.7 Å². The largest absolute Gasteiger partial charge is 0.805 e. The summed E-state index contributed by atoms with van der Waals surface area (Å²) >= 11 is 12.3. The fourth-order valence-electron chi connectivity index (χ4n) is 9.60. The molecule has 4 N–H and O–H groups in total. The molecule has 0 bridgehead atoms. The third-order valence-electron chi connectivity index (χ3n) is 13.7. The molecule has 0 radical (unpaired) electrons. The van der Waals surface area contributed by atoms with E-state index in [9.17, 15) is 38.3 Å². The summed E-state index contributed by atoms with van der Waals surface area (Å²) in [5.41, 5.74) is 9.26. The second-order valence-corrected chi connectivity index (χ2v) is 22.0. The zero-order valence-electron chi connectivity index (χ0n) is 45.8. The van der Waals surface area contributed by atoms with Gasteiger partial charge in [0, 0.05) is 82.7 Å². The normalized spacial score (nSPS) is 14.5. The van der Waals surface area contributed by atoms with Crippen molar-refractivity contribution in [3.8, 4) is 11.5 Å². The lowest BCUT2D eigenvalue weighted by atomic mass is 10.0. The van der Waals surface area contributed by atoms with Crippen molar-refractivity contribution in [2.45, 2.75) is 65.6 Å². The molecular formula is C64H60Cl2N4O11P2+2. The summed E-state index contributed by atoms with van der Waals surface area (Å²) < 4.78 is 38.3. The van der Waals surface area contributed by atoms with Gasteiger partial charge in [0.2, 0.25) is 0 Å². The van der Waals surface area contributed by atoms with Gasteiger partial charge in [-0.2, -0.15) is 0 Å². The lowest BCUT2D eigenvalue weighted by Crippen LogP contribution is -2.32. The number of hydrogen-bond acceptors (Lipinski definition) is 10. The van der Waals surface area contributed by atoms with Crippen molar-refractivity contribution >= 4 is 86.1 Å². The first kappa shape index (κ1) is 61.0. The maximum atomic E-state index is 13.6. The quantitative estimate of drug-likeness (QED) is 0.0848. The number of aliphatic hydroxyl groups excluding tert-OH is 1. The van der Waals surface area contributed by atoms with E-state index in [0.717, 1.165) is 16.7 Å². The third kappa shape index (κ3) is 16.1. The number of para-hydroxylation sites is 2. The Hall–Kier alpha value is -8.10. The molecule has 0 saturated heterocycles. The number of nitrogens with zero attached hydrogens (tertiary/aromatic N) is 2. The van der Waals surface area contributed by atoms with Crippen molar-refractivity contribution < 1.29 is 51.9 Å². The Balaban J connectivity index is 0.000000173. The number of rotatable bonds is 12. The van der Waals surface area contributed by atoms with Crippen LogP contribution in [0.25, 0.3) is 0 Å². The van der Waals surface area contributed by atoms with Crippen molar-refractivity contribution in [2.24, 2.45) is 0 Å². The van der Waals surface area contributed by atoms with Crippen LogP contribution in [-0.4, -0.2) is 46.7 Å². The predicted molar refractivity (Wildman–Crippen MR) is 326 cm³/mol. The van der Waals surface area contributed by atoms with Gasteiger partial charge in [-0.1, -0.05) is 96.0 Å². The Morgan fingerprint density at radius 3 is 1.37 bits per heavy atom. The van der Waals surface area contributed by atoms with Crippen LogP contribution in [0, 0.1) is 27.7 Å². The molecule has 3 unspecified atom stereocenters. The van der Waals surface area contributed by atoms with Gasteiger partial charge in [0.15, 0.2) is 11.5 Å². The van der Waals surface area contributed by atoms with E-state index in [1.54, 1.807) is 143 Å². The molecule has 424 valence electrons. The number of benzene rings is 8. The first-order valence-corrected chi connectivity index (χ1v) is 29.5. The van der Waals surface area contributed by atoms with Crippen LogP contribution in [0.15, 0.2) is 182 Å². The van der Waals surface area contributed by atoms with E-state index in [0.29, 0.717) is 122 Å². The van der Waals surface area contributed by atoms with Crippen LogP contribution < -0.4 is 29.5 Å². The molecule has 0 spiro atoms. The average molecular weight is 1190 g/mol. The lowest BCUT2D eigenvalue weighted by molar-refractivity contribution is 0.0978. The molecule has 0 fully saturated rings. The smallest absolute Gasteiger partial charge is 0.388 e. The summed E-state index contributed by atoms with van der Waals surface area (Å²) in [7, 11) is -4.99. The highest BCUT2D eigenvalue weighted by molar-refractivity contribution is 7.34. The highest BCUT2D eigenvalue weighted by Crippen LogP contribution is 2.42. The van der Waals surface area contributed by atoms with E-state index < -0.39 is 28.7 Å². The highest BCUT2D eigenvalue weighted by atomic mass is 35.5. The molecule has 8 aromatic rings. The maximum absolute atomic E-state index is 13.6. The molecule has 19 heteroatoms. The Kier molecular flexibility index (Phi) is 21.1. The summed E-state index contributed by atoms with van der Waals surface area (Å²) in [6, 6.07) is 53.4. The van der Waals surface area contributed by atoms with Gasteiger partial charge in [0.05, 0.1) is 11.8 Å². The van der Waals surface area contributed by atoms with E-state index in [2.05, 4.69) is 10.6 Å². The monoisotopic (exact) mass is 1190 g/mol. The van der Waals surface area contributed by atoms with Gasteiger partial charge in [0.25, 0.3) is 23.6 Å². The Morgan fingerprint density at radius 1 is 0.506 bits per heavy atom. The zero-order valence-corrected chi connectivity index (χ0v) is 49.1. The Bertz CT molecular complexity index is 3640. The van der Waals surface area contributed by atoms with Gasteiger partial charge in [-0.15, -0.1) is 9.42 Å². The minimum Gasteiger partial charge on any atom is -0.388 e. The number of anilines is 4.